The van der Waals surface area contributed by atoms with Crippen LogP contribution in [0.25, 0.3) is 0 Å². The first-order valence-electron chi connectivity index (χ1n) is 9.38. The Kier molecular flexibility index (Phi) is 7.54. The molecule has 2 rings (SSSR count). The second-order valence-corrected chi connectivity index (χ2v) is 8.88. The van der Waals surface area contributed by atoms with Crippen LogP contribution in [-0.2, 0) is 24.3 Å². The van der Waals surface area contributed by atoms with Crippen LogP contribution in [0.3, 0.4) is 0 Å². The highest BCUT2D eigenvalue weighted by Crippen LogP contribution is 2.23. The number of hydrogen-bond acceptors (Lipinski definition) is 5. The highest BCUT2D eigenvalue weighted by molar-refractivity contribution is 7.89. The van der Waals surface area contributed by atoms with Gasteiger partial charge in [-0.15, -0.1) is 0 Å². The molecule has 9 heteroatoms. The number of halogens is 1. The first kappa shape index (κ1) is 22.3. The second kappa shape index (κ2) is 9.47. The van der Waals surface area contributed by atoms with Crippen molar-refractivity contribution in [3.05, 3.63) is 30.1 Å². The summed E-state index contributed by atoms with van der Waals surface area (Å²) in [5.74, 6) is -1.45. The van der Waals surface area contributed by atoms with Gasteiger partial charge in [-0.3, -0.25) is 9.59 Å². The summed E-state index contributed by atoms with van der Waals surface area (Å²) in [6, 6.07) is 4.55. The number of sulfonamides is 1. The summed E-state index contributed by atoms with van der Waals surface area (Å²) < 4.78 is 44.5. The topological polar surface area (TPSA) is 92.8 Å². The van der Waals surface area contributed by atoms with E-state index in [1.807, 2.05) is 13.8 Å². The highest BCUT2D eigenvalue weighted by atomic mass is 32.2. The molecule has 1 N–H and O–H groups in total. The number of carbonyl (C=O) groups excluding carboxylic acids is 2. The maximum absolute atomic E-state index is 12.9. The summed E-state index contributed by atoms with van der Waals surface area (Å²) >= 11 is 0. The van der Waals surface area contributed by atoms with Crippen LogP contribution in [0.4, 0.5) is 4.39 Å². The maximum Gasteiger partial charge on any atom is 0.307 e. The number of benzene rings is 1. The van der Waals surface area contributed by atoms with Crippen LogP contribution >= 0.6 is 0 Å². The van der Waals surface area contributed by atoms with Gasteiger partial charge in [-0.05, 0) is 64.3 Å². The zero-order valence-electron chi connectivity index (χ0n) is 16.4. The molecule has 0 saturated carbocycles. The summed E-state index contributed by atoms with van der Waals surface area (Å²) in [5.41, 5.74) is 0. The predicted molar refractivity (Wildman–Crippen MR) is 101 cm³/mol. The molecule has 3 unspecified atom stereocenters. The minimum atomic E-state index is -3.85. The number of ether oxygens (including phenoxy) is 1. The molecule has 0 radical (unpaired) electrons. The normalized spacial score (nSPS) is 21.2. The molecular formula is C19H27FN2O5S. The summed E-state index contributed by atoms with van der Waals surface area (Å²) in [6.07, 6.45) is 1.76. The predicted octanol–water partition coefficient (Wildman–Crippen LogP) is 2.22. The lowest BCUT2D eigenvalue weighted by Crippen LogP contribution is -2.51. The van der Waals surface area contributed by atoms with Gasteiger partial charge in [-0.25, -0.2) is 17.5 Å². The van der Waals surface area contributed by atoms with Gasteiger partial charge in [0.1, 0.15) is 5.82 Å². The van der Waals surface area contributed by atoms with E-state index in [1.54, 1.807) is 4.90 Å². The fourth-order valence-corrected chi connectivity index (χ4v) is 4.39. The number of hydrogen-bond donors (Lipinski definition) is 1. The van der Waals surface area contributed by atoms with Crippen molar-refractivity contribution in [2.75, 3.05) is 6.54 Å². The number of piperidine rings is 1. The molecule has 156 valence electrons. The van der Waals surface area contributed by atoms with E-state index >= 15 is 0 Å². The number of esters is 1. The van der Waals surface area contributed by atoms with E-state index in [0.29, 0.717) is 0 Å². The third-order valence-electron chi connectivity index (χ3n) is 4.85. The van der Waals surface area contributed by atoms with Crippen molar-refractivity contribution in [1.82, 2.24) is 9.62 Å². The van der Waals surface area contributed by atoms with Crippen LogP contribution in [-0.4, -0.2) is 49.9 Å². The van der Waals surface area contributed by atoms with Crippen LogP contribution in [0, 0.1) is 5.82 Å². The quantitative estimate of drug-likeness (QED) is 0.691. The Morgan fingerprint density at radius 1 is 1.21 bits per heavy atom. The Balaban J connectivity index is 1.83. The van der Waals surface area contributed by atoms with Crippen molar-refractivity contribution in [1.29, 1.82) is 0 Å². The molecule has 1 aromatic carbocycles. The minimum absolute atomic E-state index is 0.0971. The van der Waals surface area contributed by atoms with Gasteiger partial charge in [-0.1, -0.05) is 0 Å². The van der Waals surface area contributed by atoms with Gasteiger partial charge in [0.25, 0.3) is 5.91 Å². The van der Waals surface area contributed by atoms with E-state index in [1.165, 1.54) is 6.92 Å². The molecule has 0 bridgehead atoms. The van der Waals surface area contributed by atoms with Crippen molar-refractivity contribution < 1.29 is 27.1 Å². The largest absolute Gasteiger partial charge is 0.452 e. The van der Waals surface area contributed by atoms with Crippen molar-refractivity contribution in [2.24, 2.45) is 0 Å². The van der Waals surface area contributed by atoms with Crippen LogP contribution in [0.5, 0.6) is 0 Å². The maximum atomic E-state index is 12.9. The number of carbonyl (C=O) groups is 2. The molecule has 0 aromatic heterocycles. The molecule has 1 aromatic rings. The van der Waals surface area contributed by atoms with Crippen molar-refractivity contribution in [3.8, 4) is 0 Å². The van der Waals surface area contributed by atoms with Gasteiger partial charge in [0.05, 0.1) is 11.3 Å². The molecule has 3 atom stereocenters. The van der Waals surface area contributed by atoms with Gasteiger partial charge in [0.15, 0.2) is 6.10 Å². The van der Waals surface area contributed by atoms with E-state index in [-0.39, 0.29) is 35.9 Å². The molecular weight excluding hydrogens is 387 g/mol. The van der Waals surface area contributed by atoms with E-state index in [0.717, 1.165) is 43.5 Å². The van der Waals surface area contributed by atoms with Crippen molar-refractivity contribution in [2.45, 2.75) is 69.5 Å². The second-order valence-electron chi connectivity index (χ2n) is 7.11. The lowest BCUT2D eigenvalue weighted by molar-refractivity contribution is -0.162. The summed E-state index contributed by atoms with van der Waals surface area (Å²) in [6.45, 7) is 5.30. The Hall–Kier alpha value is -2.00. The van der Waals surface area contributed by atoms with Crippen LogP contribution < -0.4 is 4.72 Å². The molecule has 1 saturated heterocycles. The number of rotatable bonds is 7. The average molecular weight is 414 g/mol. The first-order chi connectivity index (χ1) is 13.1. The van der Waals surface area contributed by atoms with E-state index < -0.39 is 27.9 Å². The summed E-state index contributed by atoms with van der Waals surface area (Å²) in [7, 11) is -3.85. The van der Waals surface area contributed by atoms with Gasteiger partial charge < -0.3 is 9.64 Å². The smallest absolute Gasteiger partial charge is 0.307 e. The first-order valence-corrected chi connectivity index (χ1v) is 10.9. The molecule has 0 aliphatic carbocycles. The Morgan fingerprint density at radius 3 is 2.36 bits per heavy atom. The standard InChI is InChI=1S/C19H27FN2O5S/c1-13-5-4-6-14(2)22(13)19(24)15(3)27-18(23)11-12-21-28(25,26)17-9-7-16(20)8-10-17/h7-10,13-15,21H,4-6,11-12H2,1-3H3. The van der Waals surface area contributed by atoms with Crippen LogP contribution in [0.2, 0.25) is 0 Å². The minimum Gasteiger partial charge on any atom is -0.452 e. The van der Waals surface area contributed by atoms with Crippen LogP contribution in [0.1, 0.15) is 46.5 Å². The van der Waals surface area contributed by atoms with Crippen molar-refractivity contribution >= 4 is 21.9 Å². The SMILES string of the molecule is CC(OC(=O)CCNS(=O)(=O)c1ccc(F)cc1)C(=O)N1C(C)CCCC1C. The molecule has 1 aliphatic heterocycles. The fraction of sp³-hybridized carbons (Fsp3) is 0.579. The number of amides is 1. The van der Waals surface area contributed by atoms with Crippen molar-refractivity contribution in [3.63, 3.8) is 0 Å². The lowest BCUT2D eigenvalue weighted by atomic mass is 9.97. The Morgan fingerprint density at radius 2 is 1.79 bits per heavy atom. The molecule has 1 heterocycles. The third kappa shape index (κ3) is 5.75. The van der Waals surface area contributed by atoms with Gasteiger partial charge in [0, 0.05) is 18.6 Å². The summed E-state index contributed by atoms with van der Waals surface area (Å²) in [4.78, 5) is 26.3. The van der Waals surface area contributed by atoms with E-state index in [9.17, 15) is 22.4 Å². The van der Waals surface area contributed by atoms with E-state index in [4.69, 9.17) is 4.74 Å². The van der Waals surface area contributed by atoms with Crippen LogP contribution in [0.15, 0.2) is 29.2 Å². The lowest BCUT2D eigenvalue weighted by Gasteiger charge is -2.40. The number of nitrogens with zero attached hydrogens (tertiary/aromatic N) is 1. The fourth-order valence-electron chi connectivity index (χ4n) is 3.36. The van der Waals surface area contributed by atoms with Gasteiger partial charge >= 0.3 is 5.97 Å². The summed E-state index contributed by atoms with van der Waals surface area (Å²) in [5, 5.41) is 0. The molecule has 0 spiro atoms. The molecule has 7 nitrogen and oxygen atoms in total. The molecule has 1 aliphatic rings. The zero-order chi connectivity index (χ0) is 20.9. The third-order valence-corrected chi connectivity index (χ3v) is 6.33. The van der Waals surface area contributed by atoms with E-state index in [2.05, 4.69) is 4.72 Å². The molecule has 1 amide bonds. The van der Waals surface area contributed by atoms with Gasteiger partial charge in [-0.2, -0.15) is 0 Å². The monoisotopic (exact) mass is 414 g/mol. The zero-order valence-corrected chi connectivity index (χ0v) is 17.2. The molecule has 1 fully saturated rings. The number of likely N-dealkylation sites (tertiary alicyclic amines) is 1. The average Bonchev–Trinajstić information content (AvgIpc) is 2.61. The number of nitrogens with one attached hydrogen (secondary N) is 1. The molecule has 28 heavy (non-hydrogen) atoms. The highest BCUT2D eigenvalue weighted by Gasteiger charge is 2.33. The Labute approximate surface area is 165 Å². The van der Waals surface area contributed by atoms with Gasteiger partial charge in [0.2, 0.25) is 10.0 Å². The Bertz CT molecular complexity index is 787.